The van der Waals surface area contributed by atoms with Gasteiger partial charge in [0.2, 0.25) is 0 Å². The van der Waals surface area contributed by atoms with Gasteiger partial charge in [0.25, 0.3) is 0 Å². The minimum atomic E-state index is -1.63. The normalized spacial score (nSPS) is 24.1. The van der Waals surface area contributed by atoms with Crippen molar-refractivity contribution in [2.45, 2.75) is 51.6 Å². The highest BCUT2D eigenvalue weighted by atomic mass is 28.4. The van der Waals surface area contributed by atoms with Crippen LogP contribution in [0.25, 0.3) is 0 Å². The highest BCUT2D eigenvalue weighted by Gasteiger charge is 2.45. The molecule has 0 radical (unpaired) electrons. The van der Waals surface area contributed by atoms with E-state index in [1.54, 1.807) is 0 Å². The van der Waals surface area contributed by atoms with Gasteiger partial charge < -0.3 is 8.85 Å². The van der Waals surface area contributed by atoms with Crippen molar-refractivity contribution in [2.24, 2.45) is 5.92 Å². The Morgan fingerprint density at radius 3 is 2.19 bits per heavy atom. The summed E-state index contributed by atoms with van der Waals surface area (Å²) in [6.07, 6.45) is 0.899. The van der Waals surface area contributed by atoms with Gasteiger partial charge in [-0.1, -0.05) is 6.92 Å². The summed E-state index contributed by atoms with van der Waals surface area (Å²) in [4.78, 5) is 11.9. The average Bonchev–Trinajstić information content (AvgIpc) is 2.09. The molecule has 1 saturated heterocycles. The van der Waals surface area contributed by atoms with E-state index in [1.165, 1.54) is 0 Å². The molecular formula is C11H24O3Si2. The molecule has 16 heavy (non-hydrogen) atoms. The molecule has 0 atom stereocenters. The lowest BCUT2D eigenvalue weighted by atomic mass is 10.2. The van der Waals surface area contributed by atoms with Gasteiger partial charge >= 0.3 is 5.97 Å². The Morgan fingerprint density at radius 1 is 1.25 bits per heavy atom. The third kappa shape index (κ3) is 4.03. The monoisotopic (exact) mass is 260 g/mol. The zero-order chi connectivity index (χ0) is 12.4. The maximum Gasteiger partial charge on any atom is 0.308 e. The van der Waals surface area contributed by atoms with Crippen molar-refractivity contribution in [3.05, 3.63) is 0 Å². The van der Waals surface area contributed by atoms with E-state index in [4.69, 9.17) is 8.85 Å². The molecule has 3 nitrogen and oxygen atoms in total. The molecule has 1 aliphatic heterocycles. The molecule has 1 aliphatic rings. The number of rotatable bonds is 3. The first-order chi connectivity index (χ1) is 7.26. The Kier molecular flexibility index (Phi) is 4.37. The van der Waals surface area contributed by atoms with Gasteiger partial charge in [0.1, 0.15) is 0 Å². The van der Waals surface area contributed by atoms with Crippen LogP contribution in [-0.4, -0.2) is 29.2 Å². The SMILES string of the molecule is CCCOC(=O)C1C[Si](C)(C)O[Si](C)(C)C1. The highest BCUT2D eigenvalue weighted by molar-refractivity contribution is 6.86. The number of carbonyl (C=O) groups is 1. The Morgan fingerprint density at radius 2 is 1.75 bits per heavy atom. The second kappa shape index (κ2) is 5.02. The number of esters is 1. The van der Waals surface area contributed by atoms with Crippen LogP contribution in [-0.2, 0) is 13.6 Å². The molecule has 0 aromatic heterocycles. The summed E-state index contributed by atoms with van der Waals surface area (Å²) < 4.78 is 11.5. The molecule has 0 unspecified atom stereocenters. The van der Waals surface area contributed by atoms with Gasteiger partial charge in [-0.15, -0.1) is 0 Å². The molecule has 1 fully saturated rings. The Balaban J connectivity index is 2.63. The van der Waals surface area contributed by atoms with E-state index in [1.807, 2.05) is 6.92 Å². The molecule has 0 spiro atoms. The van der Waals surface area contributed by atoms with Crippen molar-refractivity contribution in [3.63, 3.8) is 0 Å². The number of carbonyl (C=O) groups excluding carboxylic acids is 1. The van der Waals surface area contributed by atoms with Crippen molar-refractivity contribution < 1.29 is 13.6 Å². The average molecular weight is 260 g/mol. The smallest absolute Gasteiger partial charge is 0.308 e. The van der Waals surface area contributed by atoms with Gasteiger partial charge in [0.05, 0.1) is 12.5 Å². The fourth-order valence-electron chi connectivity index (χ4n) is 2.58. The summed E-state index contributed by atoms with van der Waals surface area (Å²) in [5, 5.41) is 0. The molecule has 94 valence electrons. The molecule has 0 N–H and O–H groups in total. The van der Waals surface area contributed by atoms with Crippen LogP contribution in [0.2, 0.25) is 38.3 Å². The lowest BCUT2D eigenvalue weighted by Crippen LogP contribution is -2.52. The van der Waals surface area contributed by atoms with E-state index < -0.39 is 16.6 Å². The molecular weight excluding hydrogens is 236 g/mol. The Hall–Kier alpha value is -0.136. The molecule has 1 heterocycles. The van der Waals surface area contributed by atoms with Crippen molar-refractivity contribution in [1.29, 1.82) is 0 Å². The quantitative estimate of drug-likeness (QED) is 0.578. The van der Waals surface area contributed by atoms with Crippen LogP contribution in [0.15, 0.2) is 0 Å². The number of hydrogen-bond acceptors (Lipinski definition) is 3. The van der Waals surface area contributed by atoms with Gasteiger partial charge in [0, 0.05) is 0 Å². The predicted octanol–water partition coefficient (Wildman–Crippen LogP) is 3.00. The van der Waals surface area contributed by atoms with Crippen LogP contribution >= 0.6 is 0 Å². The van der Waals surface area contributed by atoms with Gasteiger partial charge in [-0.05, 0) is 44.7 Å². The summed E-state index contributed by atoms with van der Waals surface area (Å²) in [6, 6.07) is 1.85. The molecule has 0 bridgehead atoms. The summed E-state index contributed by atoms with van der Waals surface area (Å²) in [5.41, 5.74) is 0. The van der Waals surface area contributed by atoms with Crippen LogP contribution in [0.5, 0.6) is 0 Å². The predicted molar refractivity (Wildman–Crippen MR) is 70.4 cm³/mol. The molecule has 0 aromatic rings. The fourth-order valence-corrected chi connectivity index (χ4v) is 12.5. The first kappa shape index (κ1) is 13.9. The Bertz CT molecular complexity index is 248. The lowest BCUT2D eigenvalue weighted by Gasteiger charge is -2.42. The fraction of sp³-hybridized carbons (Fsp3) is 0.909. The molecule has 0 aromatic carbocycles. The minimum absolute atomic E-state index is 0.00583. The van der Waals surface area contributed by atoms with Crippen LogP contribution in [0.4, 0.5) is 0 Å². The van der Waals surface area contributed by atoms with Crippen molar-refractivity contribution in [2.75, 3.05) is 6.61 Å². The second-order valence-corrected chi connectivity index (χ2v) is 14.6. The van der Waals surface area contributed by atoms with E-state index in [0.29, 0.717) is 6.61 Å². The molecule has 5 heteroatoms. The van der Waals surface area contributed by atoms with E-state index in [9.17, 15) is 4.79 Å². The van der Waals surface area contributed by atoms with E-state index >= 15 is 0 Å². The van der Waals surface area contributed by atoms with E-state index in [2.05, 4.69) is 26.2 Å². The topological polar surface area (TPSA) is 35.5 Å². The standard InChI is InChI=1S/C11H24O3Si2/c1-6-7-13-11(12)10-8-15(2,3)14-16(4,5)9-10/h10H,6-9H2,1-5H3. The maximum atomic E-state index is 11.9. The largest absolute Gasteiger partial charge is 0.465 e. The first-order valence-electron chi connectivity index (χ1n) is 6.12. The zero-order valence-corrected chi connectivity index (χ0v) is 13.1. The van der Waals surface area contributed by atoms with E-state index in [0.717, 1.165) is 18.5 Å². The summed E-state index contributed by atoms with van der Waals surface area (Å²) in [7, 11) is -3.26. The maximum absolute atomic E-state index is 11.9. The summed E-state index contributed by atoms with van der Waals surface area (Å²) in [5.74, 6) is 0.106. The molecule has 0 aliphatic carbocycles. The van der Waals surface area contributed by atoms with Gasteiger partial charge in [-0.3, -0.25) is 4.79 Å². The molecule has 1 rings (SSSR count). The van der Waals surface area contributed by atoms with Gasteiger partial charge in [0.15, 0.2) is 16.6 Å². The van der Waals surface area contributed by atoms with Gasteiger partial charge in [-0.25, -0.2) is 0 Å². The summed E-state index contributed by atoms with van der Waals surface area (Å²) in [6.45, 7) is 11.4. The summed E-state index contributed by atoms with van der Waals surface area (Å²) >= 11 is 0. The molecule has 0 amide bonds. The van der Waals surface area contributed by atoms with Crippen LogP contribution < -0.4 is 0 Å². The van der Waals surface area contributed by atoms with E-state index in [-0.39, 0.29) is 11.9 Å². The zero-order valence-electron chi connectivity index (χ0n) is 11.1. The van der Waals surface area contributed by atoms with Crippen LogP contribution in [0.3, 0.4) is 0 Å². The van der Waals surface area contributed by atoms with Crippen molar-refractivity contribution >= 4 is 22.6 Å². The number of hydrogen-bond donors (Lipinski definition) is 0. The molecule has 0 saturated carbocycles. The van der Waals surface area contributed by atoms with Crippen LogP contribution in [0.1, 0.15) is 13.3 Å². The Labute approximate surface area is 101 Å². The van der Waals surface area contributed by atoms with Crippen LogP contribution in [0, 0.1) is 5.92 Å². The third-order valence-corrected chi connectivity index (χ3v) is 10.2. The number of ether oxygens (including phenoxy) is 1. The highest BCUT2D eigenvalue weighted by Crippen LogP contribution is 2.36. The van der Waals surface area contributed by atoms with Crippen molar-refractivity contribution in [3.8, 4) is 0 Å². The van der Waals surface area contributed by atoms with Gasteiger partial charge in [-0.2, -0.15) is 0 Å². The van der Waals surface area contributed by atoms with Crippen molar-refractivity contribution in [1.82, 2.24) is 0 Å². The second-order valence-electron chi connectivity index (χ2n) is 5.89. The third-order valence-electron chi connectivity index (χ3n) is 2.81. The minimum Gasteiger partial charge on any atom is -0.465 e. The first-order valence-corrected chi connectivity index (χ1v) is 12.4. The lowest BCUT2D eigenvalue weighted by molar-refractivity contribution is -0.147.